The van der Waals surface area contributed by atoms with Crippen molar-refractivity contribution >= 4 is 21.5 Å². The second-order valence-electron chi connectivity index (χ2n) is 10.6. The van der Waals surface area contributed by atoms with Crippen LogP contribution in [0, 0.1) is 0 Å². The number of hydrogen-bond donors (Lipinski definition) is 0. The first-order valence-electron chi connectivity index (χ1n) is 12.6. The molecule has 0 atom stereocenters. The smallest absolute Gasteiger partial charge is 0.143 e. The number of benzene rings is 6. The summed E-state index contributed by atoms with van der Waals surface area (Å²) in [5.41, 5.74) is 10.1. The summed E-state index contributed by atoms with van der Waals surface area (Å²) >= 11 is 0. The minimum Gasteiger partial charge on any atom is -0.455 e. The average Bonchev–Trinajstić information content (AvgIpc) is 3.13. The van der Waals surface area contributed by atoms with Crippen LogP contribution in [0.4, 0.5) is 0 Å². The van der Waals surface area contributed by atoms with E-state index in [1.807, 2.05) is 6.07 Å². The zero-order valence-electron chi connectivity index (χ0n) is 20.3. The standard InChI is InChI=1S/C35H24O/c1-35(2)30-20-24(15-17-26(30)29-18-22-8-3-4-9-23(22)19-31(29)35)25-16-14-21-10-7-12-28-27-11-5-6-13-32(27)36-34(25)33(21)28/h3-20H,1-2H3. The number of ether oxygens (including phenoxy) is 1. The first kappa shape index (κ1) is 19.9. The summed E-state index contributed by atoms with van der Waals surface area (Å²) in [6, 6.07) is 39.7. The van der Waals surface area contributed by atoms with Crippen molar-refractivity contribution in [1.29, 1.82) is 0 Å². The lowest BCUT2D eigenvalue weighted by molar-refractivity contribution is 0.489. The van der Waals surface area contributed by atoms with Crippen molar-refractivity contribution in [3.05, 3.63) is 120 Å². The largest absolute Gasteiger partial charge is 0.455 e. The highest BCUT2D eigenvalue weighted by Gasteiger charge is 2.36. The fourth-order valence-corrected chi connectivity index (χ4v) is 6.38. The third kappa shape index (κ3) is 2.55. The molecule has 0 spiro atoms. The van der Waals surface area contributed by atoms with Crippen LogP contribution in [0.1, 0.15) is 25.0 Å². The second kappa shape index (κ2) is 6.86. The van der Waals surface area contributed by atoms with Gasteiger partial charge in [0.05, 0.1) is 0 Å². The lowest BCUT2D eigenvalue weighted by Gasteiger charge is -2.25. The number of fused-ring (bicyclic) bond motifs is 6. The fourth-order valence-electron chi connectivity index (χ4n) is 6.38. The molecule has 0 saturated heterocycles. The first-order valence-corrected chi connectivity index (χ1v) is 12.6. The zero-order chi connectivity index (χ0) is 24.0. The molecule has 1 nitrogen and oxygen atoms in total. The van der Waals surface area contributed by atoms with Gasteiger partial charge in [-0.05, 0) is 79.9 Å². The molecule has 0 aromatic heterocycles. The van der Waals surface area contributed by atoms with E-state index in [1.165, 1.54) is 54.9 Å². The zero-order valence-corrected chi connectivity index (χ0v) is 20.3. The maximum Gasteiger partial charge on any atom is 0.143 e. The van der Waals surface area contributed by atoms with Crippen LogP contribution in [0.5, 0.6) is 11.5 Å². The highest BCUT2D eigenvalue weighted by atomic mass is 16.5. The Labute approximate surface area is 210 Å². The maximum atomic E-state index is 6.62. The third-order valence-electron chi connectivity index (χ3n) is 8.24. The van der Waals surface area contributed by atoms with E-state index in [2.05, 4.69) is 117 Å². The normalized spacial score (nSPS) is 14.3. The van der Waals surface area contributed by atoms with Gasteiger partial charge in [0, 0.05) is 21.9 Å². The van der Waals surface area contributed by atoms with Crippen molar-refractivity contribution in [3.8, 4) is 44.9 Å². The Morgan fingerprint density at radius 3 is 2.08 bits per heavy atom. The van der Waals surface area contributed by atoms with Crippen molar-refractivity contribution < 1.29 is 4.74 Å². The molecule has 0 fully saturated rings. The highest BCUT2D eigenvalue weighted by molar-refractivity contribution is 6.07. The van der Waals surface area contributed by atoms with E-state index in [9.17, 15) is 0 Å². The van der Waals surface area contributed by atoms with Crippen LogP contribution >= 0.6 is 0 Å². The average molecular weight is 461 g/mol. The number of hydrogen-bond acceptors (Lipinski definition) is 1. The summed E-state index contributed by atoms with van der Waals surface area (Å²) in [4.78, 5) is 0. The molecule has 1 heterocycles. The van der Waals surface area contributed by atoms with Gasteiger partial charge in [-0.15, -0.1) is 0 Å². The molecule has 0 N–H and O–H groups in total. The predicted octanol–water partition coefficient (Wildman–Crippen LogP) is 9.74. The minimum atomic E-state index is -0.0720. The van der Waals surface area contributed by atoms with Crippen molar-refractivity contribution in [1.82, 2.24) is 0 Å². The topological polar surface area (TPSA) is 9.23 Å². The SMILES string of the molecule is CC1(C)c2cc(-c3ccc4cccc5c4c3Oc3ccccc3-5)ccc2-c2cc3ccccc3cc21. The van der Waals surface area contributed by atoms with Gasteiger partial charge in [0.15, 0.2) is 0 Å². The monoisotopic (exact) mass is 460 g/mol. The van der Waals surface area contributed by atoms with E-state index in [4.69, 9.17) is 4.74 Å². The van der Waals surface area contributed by atoms with Crippen LogP contribution in [-0.2, 0) is 5.41 Å². The summed E-state index contributed by atoms with van der Waals surface area (Å²) in [5, 5.41) is 5.00. The van der Waals surface area contributed by atoms with E-state index in [0.717, 1.165) is 22.6 Å². The molecule has 0 unspecified atom stereocenters. The van der Waals surface area contributed by atoms with E-state index < -0.39 is 0 Å². The number of para-hydroxylation sites is 1. The quantitative estimate of drug-likeness (QED) is 0.237. The van der Waals surface area contributed by atoms with Gasteiger partial charge in [-0.3, -0.25) is 0 Å². The molecule has 0 saturated carbocycles. The van der Waals surface area contributed by atoms with E-state index in [-0.39, 0.29) is 5.41 Å². The fraction of sp³-hybridized carbons (Fsp3) is 0.0857. The summed E-state index contributed by atoms with van der Waals surface area (Å²) in [7, 11) is 0. The van der Waals surface area contributed by atoms with Gasteiger partial charge >= 0.3 is 0 Å². The van der Waals surface area contributed by atoms with Gasteiger partial charge in [-0.25, -0.2) is 0 Å². The van der Waals surface area contributed by atoms with Gasteiger partial charge in [0.2, 0.25) is 0 Å². The Morgan fingerprint density at radius 1 is 0.500 bits per heavy atom. The Hall–Kier alpha value is -4.36. The molecule has 1 aliphatic heterocycles. The molecule has 1 heteroatoms. The maximum absolute atomic E-state index is 6.62. The molecule has 170 valence electrons. The van der Waals surface area contributed by atoms with Crippen molar-refractivity contribution in [3.63, 3.8) is 0 Å². The van der Waals surface area contributed by atoms with Gasteiger partial charge in [-0.1, -0.05) is 92.7 Å². The lowest BCUT2D eigenvalue weighted by atomic mass is 9.81. The summed E-state index contributed by atoms with van der Waals surface area (Å²) < 4.78 is 6.62. The minimum absolute atomic E-state index is 0.0720. The molecular weight excluding hydrogens is 436 g/mol. The Kier molecular flexibility index (Phi) is 3.79. The predicted molar refractivity (Wildman–Crippen MR) is 150 cm³/mol. The summed E-state index contributed by atoms with van der Waals surface area (Å²) in [6.45, 7) is 4.71. The van der Waals surface area contributed by atoms with Crippen molar-refractivity contribution in [2.75, 3.05) is 0 Å². The van der Waals surface area contributed by atoms with E-state index >= 15 is 0 Å². The van der Waals surface area contributed by atoms with Gasteiger partial charge in [0.1, 0.15) is 11.5 Å². The molecule has 6 aromatic carbocycles. The molecule has 8 rings (SSSR count). The van der Waals surface area contributed by atoms with Crippen LogP contribution < -0.4 is 4.74 Å². The highest BCUT2D eigenvalue weighted by Crippen LogP contribution is 2.53. The summed E-state index contributed by atoms with van der Waals surface area (Å²) in [6.07, 6.45) is 0. The van der Waals surface area contributed by atoms with E-state index in [0.29, 0.717) is 0 Å². The van der Waals surface area contributed by atoms with Gasteiger partial charge in [-0.2, -0.15) is 0 Å². The third-order valence-corrected chi connectivity index (χ3v) is 8.24. The molecule has 0 amide bonds. The van der Waals surface area contributed by atoms with Gasteiger partial charge in [0.25, 0.3) is 0 Å². The lowest BCUT2D eigenvalue weighted by Crippen LogP contribution is -2.15. The molecule has 6 aromatic rings. The van der Waals surface area contributed by atoms with Crippen molar-refractivity contribution in [2.45, 2.75) is 19.3 Å². The first-order chi connectivity index (χ1) is 17.6. The van der Waals surface area contributed by atoms with Gasteiger partial charge < -0.3 is 4.74 Å². The summed E-state index contributed by atoms with van der Waals surface area (Å²) in [5.74, 6) is 1.88. The Morgan fingerprint density at radius 2 is 1.19 bits per heavy atom. The molecule has 1 aliphatic carbocycles. The Bertz CT molecular complexity index is 1890. The van der Waals surface area contributed by atoms with E-state index in [1.54, 1.807) is 0 Å². The van der Waals surface area contributed by atoms with Crippen molar-refractivity contribution in [2.24, 2.45) is 0 Å². The Balaban J connectivity index is 1.36. The second-order valence-corrected chi connectivity index (χ2v) is 10.6. The van der Waals surface area contributed by atoms with Crippen LogP contribution in [-0.4, -0.2) is 0 Å². The van der Waals surface area contributed by atoms with Crippen LogP contribution in [0.15, 0.2) is 109 Å². The van der Waals surface area contributed by atoms with Crippen LogP contribution in [0.2, 0.25) is 0 Å². The molecule has 2 aliphatic rings. The molecule has 36 heavy (non-hydrogen) atoms. The molecule has 0 radical (unpaired) electrons. The molecular formula is C35H24O. The van der Waals surface area contributed by atoms with Crippen LogP contribution in [0.25, 0.3) is 54.9 Å². The van der Waals surface area contributed by atoms with Crippen LogP contribution in [0.3, 0.4) is 0 Å². The molecule has 0 bridgehead atoms. The number of rotatable bonds is 1.